The third-order valence-electron chi connectivity index (χ3n) is 3.93. The summed E-state index contributed by atoms with van der Waals surface area (Å²) >= 11 is 1.28. The van der Waals surface area contributed by atoms with Crippen molar-refractivity contribution in [1.29, 1.82) is 0 Å². The second kappa shape index (κ2) is 8.31. The maximum Gasteiger partial charge on any atom is 0.344 e. The molecule has 0 aromatic heterocycles. The number of amides is 1. The molecule has 1 amide bonds. The summed E-state index contributed by atoms with van der Waals surface area (Å²) in [4.78, 5) is 28.1. The van der Waals surface area contributed by atoms with Gasteiger partial charge in [0.2, 0.25) is 0 Å². The van der Waals surface area contributed by atoms with E-state index in [1.807, 2.05) is 26.0 Å². The van der Waals surface area contributed by atoms with Crippen molar-refractivity contribution >= 4 is 40.6 Å². The highest BCUT2D eigenvalue weighted by Gasteiger charge is 2.23. The molecule has 0 unspecified atom stereocenters. The molecule has 1 saturated heterocycles. The van der Waals surface area contributed by atoms with Crippen molar-refractivity contribution in [2.75, 3.05) is 0 Å². The van der Waals surface area contributed by atoms with Gasteiger partial charge in [-0.2, -0.15) is 0 Å². The number of nitrogens with zero attached hydrogens (tertiary/aromatic N) is 1. The molecule has 6 nitrogen and oxygen atoms in total. The number of ether oxygens (including phenoxy) is 1. The molecule has 1 aliphatic rings. The van der Waals surface area contributed by atoms with Crippen LogP contribution in [0.15, 0.2) is 52.4 Å². The van der Waals surface area contributed by atoms with Gasteiger partial charge in [0, 0.05) is 0 Å². The fourth-order valence-electron chi connectivity index (χ4n) is 2.66. The van der Waals surface area contributed by atoms with Crippen LogP contribution in [0.25, 0.3) is 6.08 Å². The third-order valence-corrected chi connectivity index (χ3v) is 4.84. The molecule has 2 aromatic carbocycles. The molecule has 3 rings (SSSR count). The van der Waals surface area contributed by atoms with E-state index in [4.69, 9.17) is 9.84 Å². The Morgan fingerprint density at radius 3 is 2.43 bits per heavy atom. The molecule has 0 aliphatic carbocycles. The van der Waals surface area contributed by atoms with Gasteiger partial charge >= 0.3 is 5.97 Å². The zero-order valence-corrected chi connectivity index (χ0v) is 16.5. The summed E-state index contributed by atoms with van der Waals surface area (Å²) in [6.07, 6.45) is 0.832. The van der Waals surface area contributed by atoms with Crippen LogP contribution in [0.5, 0.6) is 5.75 Å². The van der Waals surface area contributed by atoms with E-state index in [2.05, 4.69) is 16.4 Å². The first-order valence-electron chi connectivity index (χ1n) is 8.67. The minimum atomic E-state index is -1.03. The molecule has 0 spiro atoms. The minimum Gasteiger partial charge on any atom is -0.479 e. The Morgan fingerprint density at radius 1 is 1.18 bits per heavy atom. The van der Waals surface area contributed by atoms with E-state index in [-0.39, 0.29) is 5.91 Å². The molecule has 0 bridgehead atoms. The fraction of sp³-hybridized carbons (Fsp3) is 0.190. The zero-order chi connectivity index (χ0) is 20.3. The molecule has 7 heteroatoms. The summed E-state index contributed by atoms with van der Waals surface area (Å²) < 4.78 is 5.30. The second-order valence-corrected chi connectivity index (χ2v) is 7.53. The Hall–Kier alpha value is -3.06. The number of rotatable bonds is 5. The smallest absolute Gasteiger partial charge is 0.344 e. The van der Waals surface area contributed by atoms with Gasteiger partial charge in [-0.05, 0) is 79.6 Å². The Labute approximate surface area is 167 Å². The number of nitrogens with one attached hydrogen (secondary N) is 1. The molecule has 1 atom stereocenters. The predicted octanol–water partition coefficient (Wildman–Crippen LogP) is 4.05. The number of aliphatic carboxylic acids is 1. The van der Waals surface area contributed by atoms with Crippen LogP contribution in [0, 0.1) is 13.8 Å². The van der Waals surface area contributed by atoms with Crippen LogP contribution in [0.1, 0.15) is 23.6 Å². The quantitative estimate of drug-likeness (QED) is 0.745. The number of carbonyl (C=O) groups is 2. The Morgan fingerprint density at radius 2 is 1.82 bits per heavy atom. The average molecular weight is 396 g/mol. The lowest BCUT2D eigenvalue weighted by Gasteiger charge is -2.10. The SMILES string of the molecule is Cc1cc(C)cc(N=C2NC(=O)/C(=C/c3ccc(O[C@@H](C)C(=O)O)cc3)S2)c1. The Kier molecular flexibility index (Phi) is 5.84. The molecule has 1 heterocycles. The van der Waals surface area contributed by atoms with Crippen molar-refractivity contribution in [3.63, 3.8) is 0 Å². The first-order chi connectivity index (χ1) is 13.3. The van der Waals surface area contributed by atoms with Crippen LogP contribution in [-0.4, -0.2) is 28.3 Å². The monoisotopic (exact) mass is 396 g/mol. The van der Waals surface area contributed by atoms with Gasteiger partial charge in [0.05, 0.1) is 10.6 Å². The summed E-state index contributed by atoms with van der Waals surface area (Å²) in [5.74, 6) is -0.772. The van der Waals surface area contributed by atoms with Crippen LogP contribution in [0.4, 0.5) is 5.69 Å². The van der Waals surface area contributed by atoms with E-state index in [1.165, 1.54) is 18.7 Å². The highest BCUT2D eigenvalue weighted by atomic mass is 32.2. The van der Waals surface area contributed by atoms with Gasteiger partial charge in [0.25, 0.3) is 5.91 Å². The maximum absolute atomic E-state index is 12.2. The Bertz CT molecular complexity index is 960. The van der Waals surface area contributed by atoms with Crippen molar-refractivity contribution in [3.05, 3.63) is 64.1 Å². The number of carboxylic acids is 1. The summed E-state index contributed by atoms with van der Waals surface area (Å²) in [7, 11) is 0. The number of carboxylic acid groups (broad SMARTS) is 1. The number of hydrogen-bond acceptors (Lipinski definition) is 5. The predicted molar refractivity (Wildman–Crippen MR) is 111 cm³/mol. The average Bonchev–Trinajstić information content (AvgIpc) is 2.94. The lowest BCUT2D eigenvalue weighted by atomic mass is 10.1. The van der Waals surface area contributed by atoms with E-state index in [0.29, 0.717) is 15.8 Å². The first kappa shape index (κ1) is 19.7. The summed E-state index contributed by atoms with van der Waals surface area (Å²) in [5, 5.41) is 12.2. The molecule has 28 heavy (non-hydrogen) atoms. The first-order valence-corrected chi connectivity index (χ1v) is 9.49. The highest BCUT2D eigenvalue weighted by molar-refractivity contribution is 8.18. The number of carbonyl (C=O) groups excluding carboxylic acids is 1. The van der Waals surface area contributed by atoms with Crippen molar-refractivity contribution in [2.24, 2.45) is 4.99 Å². The summed E-state index contributed by atoms with van der Waals surface area (Å²) in [6, 6.07) is 12.9. The largest absolute Gasteiger partial charge is 0.479 e. The van der Waals surface area contributed by atoms with Crippen LogP contribution < -0.4 is 10.1 Å². The molecule has 1 fully saturated rings. The molecule has 2 N–H and O–H groups in total. The number of benzene rings is 2. The van der Waals surface area contributed by atoms with Crippen LogP contribution >= 0.6 is 11.8 Å². The topological polar surface area (TPSA) is 88.0 Å². The molecular weight excluding hydrogens is 376 g/mol. The highest BCUT2D eigenvalue weighted by Crippen LogP contribution is 2.29. The van der Waals surface area contributed by atoms with E-state index in [1.54, 1.807) is 30.3 Å². The van der Waals surface area contributed by atoms with E-state index in [0.717, 1.165) is 22.4 Å². The van der Waals surface area contributed by atoms with Crippen molar-refractivity contribution < 1.29 is 19.4 Å². The molecular formula is C21H20N2O4S. The summed E-state index contributed by atoms with van der Waals surface area (Å²) in [5.41, 5.74) is 3.84. The van der Waals surface area contributed by atoms with Crippen molar-refractivity contribution in [1.82, 2.24) is 5.32 Å². The van der Waals surface area contributed by atoms with E-state index < -0.39 is 12.1 Å². The van der Waals surface area contributed by atoms with Crippen molar-refractivity contribution in [2.45, 2.75) is 26.9 Å². The van der Waals surface area contributed by atoms with Gasteiger partial charge in [0.1, 0.15) is 5.75 Å². The fourth-order valence-corrected chi connectivity index (χ4v) is 3.50. The van der Waals surface area contributed by atoms with Gasteiger partial charge in [-0.3, -0.25) is 4.79 Å². The molecule has 0 radical (unpaired) electrons. The standard InChI is InChI=1S/C21H20N2O4S/c1-12-8-13(2)10-16(9-12)22-21-23-19(24)18(28-21)11-15-4-6-17(7-5-15)27-14(3)20(25)26/h4-11,14H,1-3H3,(H,25,26)(H,22,23,24)/b18-11-/t14-/m0/s1. The number of aliphatic imine (C=N–C) groups is 1. The molecule has 2 aromatic rings. The van der Waals surface area contributed by atoms with Crippen LogP contribution in [0.3, 0.4) is 0 Å². The lowest BCUT2D eigenvalue weighted by molar-refractivity contribution is -0.144. The lowest BCUT2D eigenvalue weighted by Crippen LogP contribution is -2.22. The summed E-state index contributed by atoms with van der Waals surface area (Å²) in [6.45, 7) is 5.48. The zero-order valence-electron chi connectivity index (χ0n) is 15.7. The van der Waals surface area contributed by atoms with E-state index in [9.17, 15) is 9.59 Å². The van der Waals surface area contributed by atoms with Gasteiger partial charge < -0.3 is 15.2 Å². The van der Waals surface area contributed by atoms with Gasteiger partial charge in [-0.1, -0.05) is 18.2 Å². The van der Waals surface area contributed by atoms with Gasteiger partial charge in [-0.15, -0.1) is 0 Å². The van der Waals surface area contributed by atoms with Gasteiger partial charge in [0.15, 0.2) is 11.3 Å². The van der Waals surface area contributed by atoms with Crippen molar-refractivity contribution in [3.8, 4) is 5.75 Å². The number of hydrogen-bond donors (Lipinski definition) is 2. The van der Waals surface area contributed by atoms with E-state index >= 15 is 0 Å². The third kappa shape index (κ3) is 5.01. The molecule has 144 valence electrons. The second-order valence-electron chi connectivity index (χ2n) is 6.49. The number of thioether (sulfide) groups is 1. The number of amidine groups is 1. The molecule has 1 aliphatic heterocycles. The molecule has 0 saturated carbocycles. The van der Waals surface area contributed by atoms with Crippen LogP contribution in [0.2, 0.25) is 0 Å². The maximum atomic E-state index is 12.2. The van der Waals surface area contributed by atoms with Crippen LogP contribution in [-0.2, 0) is 9.59 Å². The minimum absolute atomic E-state index is 0.201. The normalized spacial score (nSPS) is 17.6. The Balaban J connectivity index is 1.73. The van der Waals surface area contributed by atoms with Gasteiger partial charge in [-0.25, -0.2) is 9.79 Å². The number of aryl methyl sites for hydroxylation is 2.